The Kier molecular flexibility index (Phi) is 5.54. The van der Waals surface area contributed by atoms with Gasteiger partial charge in [0.15, 0.2) is 0 Å². The lowest BCUT2D eigenvalue weighted by Crippen LogP contribution is -2.48. The summed E-state index contributed by atoms with van der Waals surface area (Å²) in [5.74, 6) is -0.838. The van der Waals surface area contributed by atoms with Crippen molar-refractivity contribution in [3.05, 3.63) is 68.9 Å². The summed E-state index contributed by atoms with van der Waals surface area (Å²) in [5, 5.41) is 0.294. The molecule has 3 nitrogen and oxygen atoms in total. The van der Waals surface area contributed by atoms with E-state index in [1.165, 1.54) is 17.7 Å². The molecule has 1 aliphatic rings. The standard InChI is InChI=1S/C18H17BrClFN2O/c19-14-3-1-2-13(10-14)12-22-6-8-23(9-7-22)18(24)16-5-4-15(20)11-17(16)21/h1-5,10-11H,6-9,12H2. The average molecular weight is 412 g/mol. The molecule has 1 heterocycles. The minimum absolute atomic E-state index is 0.0832. The van der Waals surface area contributed by atoms with Gasteiger partial charge in [0, 0.05) is 42.2 Å². The fourth-order valence-corrected chi connectivity index (χ4v) is 3.44. The molecular weight excluding hydrogens is 395 g/mol. The van der Waals surface area contributed by atoms with Gasteiger partial charge < -0.3 is 4.90 Å². The number of carbonyl (C=O) groups excluding carboxylic acids is 1. The molecule has 0 radical (unpaired) electrons. The van der Waals surface area contributed by atoms with Crippen molar-refractivity contribution in [3.8, 4) is 0 Å². The Bertz CT molecular complexity index is 748. The fraction of sp³-hybridized carbons (Fsp3) is 0.278. The summed E-state index contributed by atoms with van der Waals surface area (Å²) in [7, 11) is 0. The minimum atomic E-state index is -0.566. The minimum Gasteiger partial charge on any atom is -0.336 e. The molecule has 1 saturated heterocycles. The normalized spacial score (nSPS) is 15.5. The predicted octanol–water partition coefficient (Wildman–Crippen LogP) is 4.20. The van der Waals surface area contributed by atoms with Crippen molar-refractivity contribution < 1.29 is 9.18 Å². The highest BCUT2D eigenvalue weighted by Crippen LogP contribution is 2.18. The fourth-order valence-electron chi connectivity index (χ4n) is 2.84. The van der Waals surface area contributed by atoms with E-state index in [-0.39, 0.29) is 11.5 Å². The number of carbonyl (C=O) groups is 1. The van der Waals surface area contributed by atoms with Crippen LogP contribution in [0.4, 0.5) is 4.39 Å². The zero-order valence-corrected chi connectivity index (χ0v) is 15.4. The molecule has 0 N–H and O–H groups in total. The second-order valence-electron chi connectivity index (χ2n) is 5.82. The van der Waals surface area contributed by atoms with E-state index in [1.807, 2.05) is 12.1 Å². The van der Waals surface area contributed by atoms with Gasteiger partial charge >= 0.3 is 0 Å². The van der Waals surface area contributed by atoms with Gasteiger partial charge in [-0.3, -0.25) is 9.69 Å². The van der Waals surface area contributed by atoms with Gasteiger partial charge in [-0.1, -0.05) is 39.7 Å². The number of hydrogen-bond acceptors (Lipinski definition) is 2. The third-order valence-corrected chi connectivity index (χ3v) is 4.84. The summed E-state index contributed by atoms with van der Waals surface area (Å²) in [6.45, 7) is 3.57. The molecule has 0 bridgehead atoms. The third-order valence-electron chi connectivity index (χ3n) is 4.12. The summed E-state index contributed by atoms with van der Waals surface area (Å²) in [5.41, 5.74) is 1.31. The number of amides is 1. The number of rotatable bonds is 3. The lowest BCUT2D eigenvalue weighted by molar-refractivity contribution is 0.0624. The van der Waals surface area contributed by atoms with Crippen LogP contribution in [0.3, 0.4) is 0 Å². The largest absolute Gasteiger partial charge is 0.336 e. The zero-order valence-electron chi connectivity index (χ0n) is 13.0. The van der Waals surface area contributed by atoms with Crippen LogP contribution < -0.4 is 0 Å². The Balaban J connectivity index is 1.59. The maximum absolute atomic E-state index is 13.9. The van der Waals surface area contributed by atoms with E-state index in [0.717, 1.165) is 24.1 Å². The van der Waals surface area contributed by atoms with Crippen LogP contribution in [0.5, 0.6) is 0 Å². The quantitative estimate of drug-likeness (QED) is 0.756. The van der Waals surface area contributed by atoms with Crippen LogP contribution in [0.2, 0.25) is 5.02 Å². The highest BCUT2D eigenvalue weighted by atomic mass is 79.9. The third kappa shape index (κ3) is 4.15. The number of halogens is 3. The molecule has 0 unspecified atom stereocenters. The van der Waals surface area contributed by atoms with Crippen molar-refractivity contribution in [2.75, 3.05) is 26.2 Å². The maximum Gasteiger partial charge on any atom is 0.256 e. The molecule has 1 fully saturated rings. The molecule has 2 aromatic carbocycles. The SMILES string of the molecule is O=C(c1ccc(Cl)cc1F)N1CCN(Cc2cccc(Br)c2)CC1. The van der Waals surface area contributed by atoms with Gasteiger partial charge in [-0.05, 0) is 35.9 Å². The summed E-state index contributed by atoms with van der Waals surface area (Å²) in [6.07, 6.45) is 0. The van der Waals surface area contributed by atoms with Gasteiger partial charge in [-0.15, -0.1) is 0 Å². The lowest BCUT2D eigenvalue weighted by atomic mass is 10.1. The van der Waals surface area contributed by atoms with E-state index in [2.05, 4.69) is 33.0 Å². The van der Waals surface area contributed by atoms with Crippen LogP contribution >= 0.6 is 27.5 Å². The van der Waals surface area contributed by atoms with Crippen LogP contribution in [-0.2, 0) is 6.54 Å². The number of hydrogen-bond donors (Lipinski definition) is 0. The summed E-state index contributed by atoms with van der Waals surface area (Å²) in [6, 6.07) is 12.4. The summed E-state index contributed by atoms with van der Waals surface area (Å²) >= 11 is 9.22. The molecular formula is C18H17BrClFN2O. The second-order valence-corrected chi connectivity index (χ2v) is 7.17. The molecule has 6 heteroatoms. The van der Waals surface area contributed by atoms with Gasteiger partial charge in [0.1, 0.15) is 5.82 Å². The van der Waals surface area contributed by atoms with Crippen LogP contribution in [-0.4, -0.2) is 41.9 Å². The number of nitrogens with zero attached hydrogens (tertiary/aromatic N) is 2. The number of benzene rings is 2. The molecule has 0 atom stereocenters. The zero-order chi connectivity index (χ0) is 17.1. The Morgan fingerprint density at radius 2 is 1.88 bits per heavy atom. The molecule has 126 valence electrons. The highest BCUT2D eigenvalue weighted by Gasteiger charge is 2.24. The second kappa shape index (κ2) is 7.64. The lowest BCUT2D eigenvalue weighted by Gasteiger charge is -2.34. The van der Waals surface area contributed by atoms with Crippen molar-refractivity contribution in [3.63, 3.8) is 0 Å². The van der Waals surface area contributed by atoms with Gasteiger partial charge in [0.05, 0.1) is 5.56 Å². The van der Waals surface area contributed by atoms with Crippen LogP contribution in [0.25, 0.3) is 0 Å². The first-order valence-electron chi connectivity index (χ1n) is 7.74. The average Bonchev–Trinajstić information content (AvgIpc) is 2.55. The van der Waals surface area contributed by atoms with Crippen LogP contribution in [0, 0.1) is 5.82 Å². The van der Waals surface area contributed by atoms with Crippen LogP contribution in [0.1, 0.15) is 15.9 Å². The van der Waals surface area contributed by atoms with Gasteiger partial charge in [0.25, 0.3) is 5.91 Å². The topological polar surface area (TPSA) is 23.6 Å². The number of piperazine rings is 1. The molecule has 3 rings (SSSR count). The first-order chi connectivity index (χ1) is 11.5. The first kappa shape index (κ1) is 17.4. The van der Waals surface area contributed by atoms with E-state index in [4.69, 9.17) is 11.6 Å². The van der Waals surface area contributed by atoms with Gasteiger partial charge in [-0.25, -0.2) is 4.39 Å². The van der Waals surface area contributed by atoms with E-state index < -0.39 is 5.82 Å². The molecule has 1 amide bonds. The van der Waals surface area contributed by atoms with Crippen molar-refractivity contribution >= 4 is 33.4 Å². The molecule has 0 aliphatic carbocycles. The van der Waals surface area contributed by atoms with Crippen molar-refractivity contribution in [2.45, 2.75) is 6.54 Å². The molecule has 2 aromatic rings. The molecule has 0 spiro atoms. The Labute approximate surface area is 154 Å². The highest BCUT2D eigenvalue weighted by molar-refractivity contribution is 9.10. The van der Waals surface area contributed by atoms with Gasteiger partial charge in [0.2, 0.25) is 0 Å². The van der Waals surface area contributed by atoms with E-state index >= 15 is 0 Å². The van der Waals surface area contributed by atoms with Crippen molar-refractivity contribution in [2.24, 2.45) is 0 Å². The van der Waals surface area contributed by atoms with E-state index in [0.29, 0.717) is 18.1 Å². The molecule has 0 saturated carbocycles. The monoisotopic (exact) mass is 410 g/mol. The Hall–Kier alpha value is -1.43. The van der Waals surface area contributed by atoms with Gasteiger partial charge in [-0.2, -0.15) is 0 Å². The molecule has 24 heavy (non-hydrogen) atoms. The smallest absolute Gasteiger partial charge is 0.256 e. The van der Waals surface area contributed by atoms with E-state index in [1.54, 1.807) is 11.0 Å². The summed E-state index contributed by atoms with van der Waals surface area (Å²) < 4.78 is 15.0. The summed E-state index contributed by atoms with van der Waals surface area (Å²) in [4.78, 5) is 16.5. The maximum atomic E-state index is 13.9. The Morgan fingerprint density at radius 3 is 2.54 bits per heavy atom. The predicted molar refractivity (Wildman–Crippen MR) is 96.7 cm³/mol. The van der Waals surface area contributed by atoms with Crippen molar-refractivity contribution in [1.82, 2.24) is 9.80 Å². The van der Waals surface area contributed by atoms with E-state index in [9.17, 15) is 9.18 Å². The Morgan fingerprint density at radius 1 is 1.12 bits per heavy atom. The molecule has 1 aliphatic heterocycles. The van der Waals surface area contributed by atoms with Crippen LogP contribution in [0.15, 0.2) is 46.9 Å². The molecule has 0 aromatic heterocycles. The van der Waals surface area contributed by atoms with Crippen molar-refractivity contribution in [1.29, 1.82) is 0 Å². The first-order valence-corrected chi connectivity index (χ1v) is 8.91.